The zero-order chi connectivity index (χ0) is 14.5. The van der Waals surface area contributed by atoms with Gasteiger partial charge in [0.2, 0.25) is 11.8 Å². The van der Waals surface area contributed by atoms with Gasteiger partial charge in [-0.3, -0.25) is 9.59 Å². The Bertz CT molecular complexity index is 351. The third kappa shape index (κ3) is 4.20. The second kappa shape index (κ2) is 7.07. The number of nitrogens with zero attached hydrogens (tertiary/aromatic N) is 1. The van der Waals surface area contributed by atoms with Gasteiger partial charge in [0, 0.05) is 32.7 Å². The predicted molar refractivity (Wildman–Crippen MR) is 76.1 cm³/mol. The molecule has 2 rings (SSSR count). The molecule has 2 aliphatic rings. The van der Waals surface area contributed by atoms with E-state index >= 15 is 0 Å². The minimum Gasteiger partial charge on any atom is -0.381 e. The van der Waals surface area contributed by atoms with E-state index in [0.29, 0.717) is 31.2 Å². The zero-order valence-electron chi connectivity index (χ0n) is 12.6. The van der Waals surface area contributed by atoms with Gasteiger partial charge in [-0.05, 0) is 31.1 Å². The lowest BCUT2D eigenvalue weighted by Crippen LogP contribution is -2.45. The molecule has 114 valence electrons. The summed E-state index contributed by atoms with van der Waals surface area (Å²) in [6.45, 7) is 7.10. The monoisotopic (exact) mass is 282 g/mol. The number of carbonyl (C=O) groups is 2. The molecule has 2 amide bonds. The summed E-state index contributed by atoms with van der Waals surface area (Å²) in [4.78, 5) is 26.1. The molecule has 0 saturated carbocycles. The van der Waals surface area contributed by atoms with Gasteiger partial charge in [0.25, 0.3) is 0 Å². The first-order chi connectivity index (χ1) is 9.56. The van der Waals surface area contributed by atoms with Crippen LogP contribution in [-0.2, 0) is 14.3 Å². The molecule has 0 aliphatic carbocycles. The lowest BCUT2D eigenvalue weighted by atomic mass is 10.0. The Balaban J connectivity index is 1.91. The topological polar surface area (TPSA) is 58.6 Å². The summed E-state index contributed by atoms with van der Waals surface area (Å²) in [7, 11) is 0. The molecule has 5 nitrogen and oxygen atoms in total. The van der Waals surface area contributed by atoms with E-state index in [4.69, 9.17) is 4.74 Å². The Morgan fingerprint density at radius 2 is 2.20 bits per heavy atom. The minimum atomic E-state index is -0.343. The molecule has 2 aliphatic heterocycles. The molecule has 0 aromatic heterocycles. The first kappa shape index (κ1) is 15.3. The van der Waals surface area contributed by atoms with Crippen molar-refractivity contribution in [1.29, 1.82) is 0 Å². The molecule has 5 heteroatoms. The molecule has 20 heavy (non-hydrogen) atoms. The number of hydrogen-bond acceptors (Lipinski definition) is 3. The largest absolute Gasteiger partial charge is 0.381 e. The van der Waals surface area contributed by atoms with Crippen LogP contribution in [0.1, 0.15) is 39.5 Å². The van der Waals surface area contributed by atoms with Crippen molar-refractivity contribution in [2.24, 2.45) is 11.8 Å². The van der Waals surface area contributed by atoms with Crippen molar-refractivity contribution < 1.29 is 14.3 Å². The number of carbonyl (C=O) groups excluding carboxylic acids is 2. The normalized spacial score (nSPS) is 27.9. The third-order valence-electron chi connectivity index (χ3n) is 4.09. The Kier molecular flexibility index (Phi) is 5.40. The Morgan fingerprint density at radius 3 is 2.85 bits per heavy atom. The third-order valence-corrected chi connectivity index (χ3v) is 4.09. The highest BCUT2D eigenvalue weighted by atomic mass is 16.5. The van der Waals surface area contributed by atoms with E-state index in [0.717, 1.165) is 32.6 Å². The molecule has 0 bridgehead atoms. The maximum atomic E-state index is 12.5. The number of amides is 2. The van der Waals surface area contributed by atoms with Crippen LogP contribution >= 0.6 is 0 Å². The van der Waals surface area contributed by atoms with E-state index in [-0.39, 0.29) is 17.9 Å². The fourth-order valence-corrected chi connectivity index (χ4v) is 2.90. The number of rotatable bonds is 5. The van der Waals surface area contributed by atoms with Crippen LogP contribution in [0.4, 0.5) is 0 Å². The van der Waals surface area contributed by atoms with Gasteiger partial charge < -0.3 is 15.0 Å². The van der Waals surface area contributed by atoms with E-state index in [9.17, 15) is 9.59 Å². The van der Waals surface area contributed by atoms with E-state index in [2.05, 4.69) is 19.2 Å². The summed E-state index contributed by atoms with van der Waals surface area (Å²) in [5.74, 6) is 1.05. The summed E-state index contributed by atoms with van der Waals surface area (Å²) in [5, 5.41) is 2.86. The van der Waals surface area contributed by atoms with Crippen molar-refractivity contribution in [3.05, 3.63) is 0 Å². The van der Waals surface area contributed by atoms with Crippen LogP contribution < -0.4 is 5.32 Å². The van der Waals surface area contributed by atoms with Crippen molar-refractivity contribution >= 4 is 11.8 Å². The first-order valence-electron chi connectivity index (χ1n) is 7.72. The van der Waals surface area contributed by atoms with Crippen LogP contribution in [0.15, 0.2) is 0 Å². The molecule has 2 unspecified atom stereocenters. The van der Waals surface area contributed by atoms with Gasteiger partial charge in [-0.15, -0.1) is 0 Å². The summed E-state index contributed by atoms with van der Waals surface area (Å²) < 4.78 is 5.37. The van der Waals surface area contributed by atoms with E-state index < -0.39 is 0 Å². The Hall–Kier alpha value is -1.10. The van der Waals surface area contributed by atoms with Gasteiger partial charge >= 0.3 is 0 Å². The van der Waals surface area contributed by atoms with E-state index in [1.165, 1.54) is 0 Å². The zero-order valence-corrected chi connectivity index (χ0v) is 12.6. The maximum absolute atomic E-state index is 12.5. The van der Waals surface area contributed by atoms with Crippen LogP contribution in [0.3, 0.4) is 0 Å². The highest BCUT2D eigenvalue weighted by Crippen LogP contribution is 2.18. The molecular weight excluding hydrogens is 256 g/mol. The van der Waals surface area contributed by atoms with E-state index in [1.807, 2.05) is 4.90 Å². The smallest absolute Gasteiger partial charge is 0.245 e. The molecule has 0 spiro atoms. The molecule has 2 fully saturated rings. The van der Waals surface area contributed by atoms with E-state index in [1.54, 1.807) is 0 Å². The van der Waals surface area contributed by atoms with Crippen LogP contribution in [-0.4, -0.2) is 49.1 Å². The van der Waals surface area contributed by atoms with Crippen molar-refractivity contribution in [1.82, 2.24) is 10.2 Å². The quantitative estimate of drug-likeness (QED) is 0.823. The van der Waals surface area contributed by atoms with Crippen molar-refractivity contribution in [3.63, 3.8) is 0 Å². The summed E-state index contributed by atoms with van der Waals surface area (Å²) in [6.07, 6.45) is 3.21. The fraction of sp³-hybridized carbons (Fsp3) is 0.867. The molecule has 2 atom stereocenters. The second-order valence-electron chi connectivity index (χ2n) is 6.34. The average molecular weight is 282 g/mol. The molecule has 0 aromatic carbocycles. The molecule has 0 radical (unpaired) electrons. The Morgan fingerprint density at radius 1 is 1.40 bits per heavy atom. The molecule has 0 aromatic rings. The number of ether oxygens (including phenoxy) is 1. The van der Waals surface area contributed by atoms with Crippen molar-refractivity contribution in [2.75, 3.05) is 26.3 Å². The van der Waals surface area contributed by atoms with Crippen LogP contribution in [0.5, 0.6) is 0 Å². The summed E-state index contributed by atoms with van der Waals surface area (Å²) in [6, 6.07) is -0.343. The maximum Gasteiger partial charge on any atom is 0.245 e. The molecular formula is C15H26N2O3. The highest BCUT2D eigenvalue weighted by Gasteiger charge is 2.30. The van der Waals surface area contributed by atoms with Gasteiger partial charge in [0.05, 0.1) is 0 Å². The second-order valence-corrected chi connectivity index (χ2v) is 6.34. The SMILES string of the molecule is CC(C)CC1NC(=O)CCN(CCC2CCOC2)C1=O. The van der Waals surface area contributed by atoms with Gasteiger partial charge in [-0.25, -0.2) is 0 Å². The standard InChI is InChI=1S/C15H26N2O3/c1-11(2)9-13-15(19)17(7-4-14(18)16-13)6-3-12-5-8-20-10-12/h11-13H,3-10H2,1-2H3,(H,16,18). The highest BCUT2D eigenvalue weighted by molar-refractivity contribution is 5.89. The fourth-order valence-electron chi connectivity index (χ4n) is 2.90. The minimum absolute atomic E-state index is 0.00398. The number of hydrogen-bond donors (Lipinski definition) is 1. The van der Waals surface area contributed by atoms with Gasteiger partial charge in [-0.1, -0.05) is 13.8 Å². The lowest BCUT2D eigenvalue weighted by molar-refractivity contribution is -0.134. The first-order valence-corrected chi connectivity index (χ1v) is 7.72. The van der Waals surface area contributed by atoms with Crippen LogP contribution in [0.25, 0.3) is 0 Å². The molecule has 1 N–H and O–H groups in total. The molecule has 2 heterocycles. The average Bonchev–Trinajstić information content (AvgIpc) is 2.85. The van der Waals surface area contributed by atoms with Crippen LogP contribution in [0.2, 0.25) is 0 Å². The van der Waals surface area contributed by atoms with Crippen molar-refractivity contribution in [2.45, 2.75) is 45.6 Å². The van der Waals surface area contributed by atoms with Gasteiger partial charge in [0.15, 0.2) is 0 Å². The Labute approximate surface area is 121 Å². The van der Waals surface area contributed by atoms with Gasteiger partial charge in [0.1, 0.15) is 6.04 Å². The summed E-state index contributed by atoms with van der Waals surface area (Å²) >= 11 is 0. The predicted octanol–water partition coefficient (Wildman–Crippen LogP) is 1.18. The van der Waals surface area contributed by atoms with Crippen LogP contribution in [0, 0.1) is 11.8 Å². The molecule has 2 saturated heterocycles. The summed E-state index contributed by atoms with van der Waals surface area (Å²) in [5.41, 5.74) is 0. The van der Waals surface area contributed by atoms with Crippen molar-refractivity contribution in [3.8, 4) is 0 Å². The lowest BCUT2D eigenvalue weighted by Gasteiger charge is -2.25. The number of nitrogens with one attached hydrogen (secondary N) is 1. The van der Waals surface area contributed by atoms with Gasteiger partial charge in [-0.2, -0.15) is 0 Å².